The summed E-state index contributed by atoms with van der Waals surface area (Å²) in [4.78, 5) is 17.3. The summed E-state index contributed by atoms with van der Waals surface area (Å²) in [6.07, 6.45) is -0.630. The predicted molar refractivity (Wildman–Crippen MR) is 90.0 cm³/mol. The highest BCUT2D eigenvalue weighted by atomic mass is 32.1. The summed E-state index contributed by atoms with van der Waals surface area (Å²) in [6.45, 7) is 1.67. The van der Waals surface area contributed by atoms with Gasteiger partial charge in [-0.2, -0.15) is 9.61 Å². The van der Waals surface area contributed by atoms with Gasteiger partial charge in [-0.1, -0.05) is 23.5 Å². The molecule has 25 heavy (non-hydrogen) atoms. The molecule has 0 N–H and O–H groups in total. The minimum atomic E-state index is -0.797. The Morgan fingerprint density at radius 1 is 1.20 bits per heavy atom. The lowest BCUT2D eigenvalue weighted by Gasteiger charge is -2.12. The zero-order valence-corrected chi connectivity index (χ0v) is 13.8. The van der Waals surface area contributed by atoms with Crippen LogP contribution in [0.3, 0.4) is 0 Å². The smallest absolute Gasteiger partial charge is 0.283 e. The van der Waals surface area contributed by atoms with Crippen molar-refractivity contribution in [2.45, 2.75) is 13.0 Å². The van der Waals surface area contributed by atoms with Gasteiger partial charge in [-0.15, -0.1) is 0 Å². The van der Waals surface area contributed by atoms with E-state index in [1.165, 1.54) is 21.9 Å². The summed E-state index contributed by atoms with van der Waals surface area (Å²) in [7, 11) is 0. The van der Waals surface area contributed by atoms with Crippen LogP contribution in [0.15, 0.2) is 47.3 Å². The molecule has 1 atom stereocenters. The number of nitrogens with zero attached hydrogens (tertiary/aromatic N) is 3. The summed E-state index contributed by atoms with van der Waals surface area (Å²) >= 11 is 1.18. The van der Waals surface area contributed by atoms with Crippen molar-refractivity contribution >= 4 is 27.2 Å². The molecule has 0 aliphatic rings. The predicted octanol–water partition coefficient (Wildman–Crippen LogP) is 3.72. The van der Waals surface area contributed by atoms with Crippen molar-refractivity contribution in [2.24, 2.45) is 0 Å². The van der Waals surface area contributed by atoms with Gasteiger partial charge in [0.1, 0.15) is 11.9 Å². The molecule has 0 spiro atoms. The topological polar surface area (TPSA) is 56.5 Å². The van der Waals surface area contributed by atoms with E-state index in [4.69, 9.17) is 4.74 Å². The second-order valence-electron chi connectivity index (χ2n) is 5.40. The summed E-state index contributed by atoms with van der Waals surface area (Å²) in [5.41, 5.74) is 0.309. The van der Waals surface area contributed by atoms with Gasteiger partial charge in [-0.3, -0.25) is 4.79 Å². The zero-order valence-electron chi connectivity index (χ0n) is 12.9. The summed E-state index contributed by atoms with van der Waals surface area (Å²) in [5.74, 6) is -1.56. The Morgan fingerprint density at radius 3 is 2.80 bits per heavy atom. The number of fused-ring (bicyclic) bond motifs is 2. The fourth-order valence-electron chi connectivity index (χ4n) is 2.45. The number of ether oxygens (including phenoxy) is 1. The highest BCUT2D eigenvalue weighted by molar-refractivity contribution is 7.16. The van der Waals surface area contributed by atoms with E-state index in [0.29, 0.717) is 20.9 Å². The minimum Gasteiger partial charge on any atom is -0.480 e. The summed E-state index contributed by atoms with van der Waals surface area (Å²) in [6, 6.07) is 10.1. The van der Waals surface area contributed by atoms with Crippen molar-refractivity contribution < 1.29 is 13.5 Å². The number of aromatic nitrogens is 3. The lowest BCUT2D eigenvalue weighted by Crippen LogP contribution is -2.15. The molecule has 0 saturated carbocycles. The first kappa shape index (κ1) is 15.6. The van der Waals surface area contributed by atoms with Crippen LogP contribution in [0.25, 0.3) is 15.9 Å². The molecule has 4 rings (SSSR count). The first-order chi connectivity index (χ1) is 12.0. The molecule has 5 nitrogen and oxygen atoms in total. The van der Waals surface area contributed by atoms with Gasteiger partial charge in [-0.25, -0.2) is 13.8 Å². The van der Waals surface area contributed by atoms with E-state index in [-0.39, 0.29) is 11.3 Å². The Balaban J connectivity index is 1.75. The minimum absolute atomic E-state index is 0.0846. The summed E-state index contributed by atoms with van der Waals surface area (Å²) in [5, 5.41) is 5.17. The third-order valence-electron chi connectivity index (χ3n) is 3.66. The van der Waals surface area contributed by atoms with Crippen molar-refractivity contribution in [1.82, 2.24) is 14.6 Å². The first-order valence-corrected chi connectivity index (χ1v) is 8.25. The number of hydrogen-bond acceptors (Lipinski definition) is 5. The molecule has 126 valence electrons. The Labute approximate surface area is 144 Å². The molecule has 0 radical (unpaired) electrons. The third kappa shape index (κ3) is 2.74. The van der Waals surface area contributed by atoms with Gasteiger partial charge in [0.15, 0.2) is 16.6 Å². The molecule has 0 fully saturated rings. The van der Waals surface area contributed by atoms with E-state index in [9.17, 15) is 13.6 Å². The van der Waals surface area contributed by atoms with Gasteiger partial charge in [0.2, 0.25) is 4.96 Å². The van der Waals surface area contributed by atoms with Crippen molar-refractivity contribution in [1.29, 1.82) is 0 Å². The van der Waals surface area contributed by atoms with Crippen LogP contribution >= 0.6 is 11.3 Å². The van der Waals surface area contributed by atoms with Crippen molar-refractivity contribution in [3.8, 4) is 5.75 Å². The average Bonchev–Trinajstić information content (AvgIpc) is 3.02. The molecule has 0 aliphatic carbocycles. The van der Waals surface area contributed by atoms with E-state index in [1.54, 1.807) is 31.2 Å². The maximum Gasteiger partial charge on any atom is 0.283 e. The molecule has 2 aromatic carbocycles. The second kappa shape index (κ2) is 5.89. The lowest BCUT2D eigenvalue weighted by atomic mass is 10.2. The van der Waals surface area contributed by atoms with E-state index in [0.717, 1.165) is 12.1 Å². The van der Waals surface area contributed by atoms with E-state index < -0.39 is 17.7 Å². The summed E-state index contributed by atoms with van der Waals surface area (Å²) < 4.78 is 33.4. The second-order valence-corrected chi connectivity index (χ2v) is 6.39. The van der Waals surface area contributed by atoms with Crippen LogP contribution in [0.5, 0.6) is 5.75 Å². The standard InChI is InChI=1S/C17H11F2N3O2S/c1-9(24-14-7-6-10(18)8-12(14)19)15-21-22-16(23)11-4-2-3-5-13(11)20-17(22)25-15/h2-9H,1H3/t9-/m1/s1. The van der Waals surface area contributed by atoms with Crippen LogP contribution < -0.4 is 10.3 Å². The molecule has 2 heterocycles. The number of benzene rings is 2. The van der Waals surface area contributed by atoms with E-state index in [1.807, 2.05) is 0 Å². The molecular weight excluding hydrogens is 348 g/mol. The Morgan fingerprint density at radius 2 is 2.00 bits per heavy atom. The average molecular weight is 359 g/mol. The number of rotatable bonds is 3. The number of para-hydroxylation sites is 1. The van der Waals surface area contributed by atoms with Crippen LogP contribution in [0, 0.1) is 11.6 Å². The molecule has 0 unspecified atom stereocenters. The van der Waals surface area contributed by atoms with Crippen LogP contribution in [-0.4, -0.2) is 14.6 Å². The SMILES string of the molecule is C[C@@H](Oc1ccc(F)cc1F)c1nn2c(=O)c3ccccc3nc2s1. The molecule has 8 heteroatoms. The molecule has 4 aromatic rings. The largest absolute Gasteiger partial charge is 0.480 e. The zero-order chi connectivity index (χ0) is 17.6. The number of hydrogen-bond donors (Lipinski definition) is 0. The maximum absolute atomic E-state index is 13.7. The van der Waals surface area contributed by atoms with E-state index >= 15 is 0 Å². The lowest BCUT2D eigenvalue weighted by molar-refractivity contribution is 0.214. The van der Waals surface area contributed by atoms with Crippen LogP contribution in [0.2, 0.25) is 0 Å². The third-order valence-corrected chi connectivity index (χ3v) is 4.73. The fourth-order valence-corrected chi connectivity index (χ4v) is 3.32. The monoisotopic (exact) mass is 359 g/mol. The fraction of sp³-hybridized carbons (Fsp3) is 0.118. The van der Waals surface area contributed by atoms with Crippen LogP contribution in [-0.2, 0) is 0 Å². The first-order valence-electron chi connectivity index (χ1n) is 7.43. The van der Waals surface area contributed by atoms with Crippen LogP contribution in [0.4, 0.5) is 8.78 Å². The van der Waals surface area contributed by atoms with Gasteiger partial charge in [0.25, 0.3) is 5.56 Å². The van der Waals surface area contributed by atoms with Crippen molar-refractivity contribution in [2.75, 3.05) is 0 Å². The Hall–Kier alpha value is -2.87. The quantitative estimate of drug-likeness (QED) is 0.559. The number of halogens is 2. The van der Waals surface area contributed by atoms with Crippen molar-refractivity contribution in [3.05, 3.63) is 69.5 Å². The molecule has 0 bridgehead atoms. The molecule has 0 aliphatic heterocycles. The van der Waals surface area contributed by atoms with Gasteiger partial charge >= 0.3 is 0 Å². The van der Waals surface area contributed by atoms with Gasteiger partial charge < -0.3 is 4.74 Å². The maximum atomic E-state index is 13.7. The van der Waals surface area contributed by atoms with Gasteiger partial charge in [0, 0.05) is 6.07 Å². The molecular formula is C17H11F2N3O2S. The normalized spacial score (nSPS) is 12.6. The molecule has 2 aromatic heterocycles. The van der Waals surface area contributed by atoms with E-state index in [2.05, 4.69) is 10.1 Å². The highest BCUT2D eigenvalue weighted by Crippen LogP contribution is 2.27. The van der Waals surface area contributed by atoms with Crippen LogP contribution in [0.1, 0.15) is 18.0 Å². The van der Waals surface area contributed by atoms with Crippen molar-refractivity contribution in [3.63, 3.8) is 0 Å². The Kier molecular flexibility index (Phi) is 3.69. The molecule has 0 saturated heterocycles. The molecule has 0 amide bonds. The van der Waals surface area contributed by atoms with Gasteiger partial charge in [0.05, 0.1) is 10.9 Å². The van der Waals surface area contributed by atoms with Gasteiger partial charge in [-0.05, 0) is 31.2 Å². The highest BCUT2D eigenvalue weighted by Gasteiger charge is 2.18. The Bertz CT molecular complexity index is 1160.